The zero-order chi connectivity index (χ0) is 13.3. The van der Waals surface area contributed by atoms with E-state index in [1.807, 2.05) is 0 Å². The average Bonchev–Trinajstić information content (AvgIpc) is 2.35. The Hall–Kier alpha value is -1.68. The first-order valence-corrected chi connectivity index (χ1v) is 6.15. The summed E-state index contributed by atoms with van der Waals surface area (Å²) in [5.41, 5.74) is 7.12. The molecule has 0 aliphatic heterocycles. The lowest BCUT2D eigenvalue weighted by molar-refractivity contribution is 0.103. The molecule has 0 aliphatic rings. The van der Waals surface area contributed by atoms with E-state index in [1.54, 1.807) is 37.3 Å². The van der Waals surface area contributed by atoms with Gasteiger partial charge in [-0.3, -0.25) is 4.79 Å². The van der Waals surface area contributed by atoms with Crippen LogP contribution in [-0.4, -0.2) is 5.78 Å². The van der Waals surface area contributed by atoms with Crippen molar-refractivity contribution < 1.29 is 9.18 Å². The maximum absolute atomic E-state index is 13.9. The molecule has 2 rings (SSSR count). The van der Waals surface area contributed by atoms with Crippen LogP contribution in [0.5, 0.6) is 0 Å². The fraction of sp³-hybridized carbons (Fsp3) is 0.0714. The van der Waals surface area contributed by atoms with Crippen LogP contribution in [0, 0.1) is 12.7 Å². The van der Waals surface area contributed by atoms with Crippen molar-refractivity contribution in [3.63, 3.8) is 0 Å². The van der Waals surface area contributed by atoms with Crippen LogP contribution < -0.4 is 5.73 Å². The van der Waals surface area contributed by atoms with Crippen molar-refractivity contribution in [1.29, 1.82) is 0 Å². The quantitative estimate of drug-likeness (QED) is 0.679. The van der Waals surface area contributed by atoms with Gasteiger partial charge in [0.15, 0.2) is 5.78 Å². The highest BCUT2D eigenvalue weighted by atomic mass is 79.9. The summed E-state index contributed by atoms with van der Waals surface area (Å²) < 4.78 is 14.5. The van der Waals surface area contributed by atoms with E-state index in [4.69, 9.17) is 5.73 Å². The normalized spacial score (nSPS) is 10.4. The lowest BCUT2D eigenvalue weighted by Gasteiger charge is -2.06. The highest BCUT2D eigenvalue weighted by Gasteiger charge is 2.15. The average molecular weight is 308 g/mol. The molecule has 0 unspecified atom stereocenters. The smallest absolute Gasteiger partial charge is 0.196 e. The monoisotopic (exact) mass is 307 g/mol. The van der Waals surface area contributed by atoms with Crippen molar-refractivity contribution in [3.05, 3.63) is 63.4 Å². The molecule has 92 valence electrons. The number of rotatable bonds is 2. The first-order valence-electron chi connectivity index (χ1n) is 5.35. The number of benzene rings is 2. The number of ketones is 1. The van der Waals surface area contributed by atoms with Gasteiger partial charge in [0.25, 0.3) is 0 Å². The summed E-state index contributed by atoms with van der Waals surface area (Å²) in [4.78, 5) is 12.2. The first kappa shape index (κ1) is 12.8. The van der Waals surface area contributed by atoms with Gasteiger partial charge in [0.05, 0.1) is 5.56 Å². The Morgan fingerprint density at radius 1 is 1.28 bits per heavy atom. The van der Waals surface area contributed by atoms with Crippen LogP contribution in [-0.2, 0) is 0 Å². The molecule has 0 saturated heterocycles. The molecular weight excluding hydrogens is 297 g/mol. The zero-order valence-electron chi connectivity index (χ0n) is 9.71. The van der Waals surface area contributed by atoms with Crippen LogP contribution in [0.2, 0.25) is 0 Å². The molecule has 4 heteroatoms. The molecule has 2 aromatic rings. The molecule has 0 aromatic heterocycles. The molecular formula is C14H11BrFNO. The molecule has 0 radical (unpaired) electrons. The van der Waals surface area contributed by atoms with Gasteiger partial charge in [-0.25, -0.2) is 4.39 Å². The van der Waals surface area contributed by atoms with E-state index >= 15 is 0 Å². The van der Waals surface area contributed by atoms with Gasteiger partial charge in [0, 0.05) is 15.7 Å². The number of hydrogen-bond acceptors (Lipinski definition) is 2. The van der Waals surface area contributed by atoms with Gasteiger partial charge < -0.3 is 5.73 Å². The second kappa shape index (κ2) is 4.90. The van der Waals surface area contributed by atoms with Gasteiger partial charge in [0.2, 0.25) is 0 Å². The molecule has 0 amide bonds. The van der Waals surface area contributed by atoms with E-state index in [0.717, 1.165) is 0 Å². The summed E-state index contributed by atoms with van der Waals surface area (Å²) in [6.07, 6.45) is 0. The molecule has 0 aliphatic carbocycles. The standard InChI is InChI=1S/C14H11BrFNO/c1-8-3-2-4-10(13(8)16)14(18)9-5-6-12(17)11(15)7-9/h2-7H,17H2,1H3. The fourth-order valence-electron chi connectivity index (χ4n) is 1.65. The predicted octanol–water partition coefficient (Wildman–Crippen LogP) is 3.71. The van der Waals surface area contributed by atoms with Gasteiger partial charge in [-0.2, -0.15) is 0 Å². The van der Waals surface area contributed by atoms with Crippen molar-refractivity contribution in [2.24, 2.45) is 0 Å². The fourth-order valence-corrected chi connectivity index (χ4v) is 2.03. The summed E-state index contributed by atoms with van der Waals surface area (Å²) in [6.45, 7) is 1.63. The summed E-state index contributed by atoms with van der Waals surface area (Å²) in [6, 6.07) is 9.58. The summed E-state index contributed by atoms with van der Waals surface area (Å²) in [5.74, 6) is -0.827. The predicted molar refractivity (Wildman–Crippen MR) is 73.1 cm³/mol. The Bertz CT molecular complexity index is 625. The third kappa shape index (κ3) is 2.29. The van der Waals surface area contributed by atoms with Gasteiger partial charge >= 0.3 is 0 Å². The van der Waals surface area contributed by atoms with Crippen LogP contribution in [0.25, 0.3) is 0 Å². The molecule has 0 atom stereocenters. The summed E-state index contributed by atoms with van der Waals surface area (Å²) >= 11 is 3.25. The van der Waals surface area contributed by atoms with E-state index in [0.29, 0.717) is 21.3 Å². The molecule has 0 saturated carbocycles. The minimum atomic E-state index is -0.476. The van der Waals surface area contributed by atoms with Crippen LogP contribution in [0.15, 0.2) is 40.9 Å². The minimum Gasteiger partial charge on any atom is -0.398 e. The molecule has 0 fully saturated rings. The molecule has 2 N–H and O–H groups in total. The number of anilines is 1. The van der Waals surface area contributed by atoms with Gasteiger partial charge in [-0.05, 0) is 52.7 Å². The van der Waals surface area contributed by atoms with Crippen LogP contribution in [0.1, 0.15) is 21.5 Å². The third-order valence-electron chi connectivity index (χ3n) is 2.70. The lowest BCUT2D eigenvalue weighted by atomic mass is 10.0. The highest BCUT2D eigenvalue weighted by Crippen LogP contribution is 2.23. The number of nitrogens with two attached hydrogens (primary N) is 1. The highest BCUT2D eigenvalue weighted by molar-refractivity contribution is 9.10. The molecule has 0 bridgehead atoms. The maximum Gasteiger partial charge on any atom is 0.196 e. The summed E-state index contributed by atoms with van der Waals surface area (Å²) in [5, 5.41) is 0. The van der Waals surface area contributed by atoms with Gasteiger partial charge in [-0.15, -0.1) is 0 Å². The van der Waals surface area contributed by atoms with E-state index in [2.05, 4.69) is 15.9 Å². The molecule has 2 nitrogen and oxygen atoms in total. The first-order chi connectivity index (χ1) is 8.50. The van der Waals surface area contributed by atoms with Crippen LogP contribution >= 0.6 is 15.9 Å². The minimum absolute atomic E-state index is 0.0756. The largest absolute Gasteiger partial charge is 0.398 e. The van der Waals surface area contributed by atoms with Crippen molar-refractivity contribution >= 4 is 27.4 Å². The van der Waals surface area contributed by atoms with E-state index < -0.39 is 5.82 Å². The Kier molecular flexibility index (Phi) is 3.48. The Morgan fingerprint density at radius 3 is 2.67 bits per heavy atom. The third-order valence-corrected chi connectivity index (χ3v) is 3.39. The second-order valence-electron chi connectivity index (χ2n) is 4.00. The molecule has 0 heterocycles. The second-order valence-corrected chi connectivity index (χ2v) is 4.86. The summed E-state index contributed by atoms with van der Waals surface area (Å²) in [7, 11) is 0. The topological polar surface area (TPSA) is 43.1 Å². The number of carbonyl (C=O) groups excluding carboxylic acids is 1. The number of aryl methyl sites for hydroxylation is 1. The van der Waals surface area contributed by atoms with E-state index in [-0.39, 0.29) is 11.3 Å². The van der Waals surface area contributed by atoms with Crippen molar-refractivity contribution in [2.45, 2.75) is 6.92 Å². The van der Waals surface area contributed by atoms with Gasteiger partial charge in [0.1, 0.15) is 5.82 Å². The van der Waals surface area contributed by atoms with Crippen molar-refractivity contribution in [3.8, 4) is 0 Å². The Balaban J connectivity index is 2.48. The van der Waals surface area contributed by atoms with Crippen LogP contribution in [0.3, 0.4) is 0 Å². The SMILES string of the molecule is Cc1cccc(C(=O)c2ccc(N)c(Br)c2)c1F. The zero-order valence-corrected chi connectivity index (χ0v) is 11.3. The Morgan fingerprint density at radius 2 is 2.00 bits per heavy atom. The number of carbonyl (C=O) groups is 1. The van der Waals surface area contributed by atoms with E-state index in [1.165, 1.54) is 6.07 Å². The molecule has 0 spiro atoms. The number of halogens is 2. The van der Waals surface area contributed by atoms with Crippen molar-refractivity contribution in [2.75, 3.05) is 5.73 Å². The van der Waals surface area contributed by atoms with Gasteiger partial charge in [-0.1, -0.05) is 12.1 Å². The maximum atomic E-state index is 13.9. The molecule has 18 heavy (non-hydrogen) atoms. The Labute approximate surface area is 113 Å². The lowest BCUT2D eigenvalue weighted by Crippen LogP contribution is -2.05. The number of nitrogen functional groups attached to an aromatic ring is 1. The number of hydrogen-bond donors (Lipinski definition) is 1. The van der Waals surface area contributed by atoms with E-state index in [9.17, 15) is 9.18 Å². The van der Waals surface area contributed by atoms with Crippen molar-refractivity contribution in [1.82, 2.24) is 0 Å². The molecule has 2 aromatic carbocycles. The van der Waals surface area contributed by atoms with Crippen LogP contribution in [0.4, 0.5) is 10.1 Å².